The molecular weight excluding hydrogens is 438 g/mol. The van der Waals surface area contributed by atoms with Crippen molar-refractivity contribution in [3.05, 3.63) is 50.8 Å². The molecule has 0 aliphatic carbocycles. The van der Waals surface area contributed by atoms with E-state index in [1.54, 1.807) is 22.8 Å². The lowest BCUT2D eigenvalue weighted by Crippen LogP contribution is -2.23. The number of hydrogen-bond acceptors (Lipinski definition) is 6. The topological polar surface area (TPSA) is 90.5 Å². The maximum Gasteiger partial charge on any atom is 0.272 e. The summed E-state index contributed by atoms with van der Waals surface area (Å²) in [6.45, 7) is 2.67. The van der Waals surface area contributed by atoms with Gasteiger partial charge in [0.2, 0.25) is 11.7 Å². The molecule has 1 N–H and O–H groups in total. The molecule has 0 saturated heterocycles. The number of halogens is 1. The zero-order chi connectivity index (χ0) is 22.0. The van der Waals surface area contributed by atoms with Crippen LogP contribution in [0.1, 0.15) is 32.0 Å². The fourth-order valence-corrected chi connectivity index (χ4v) is 4.54. The predicted octanol–water partition coefficient (Wildman–Crippen LogP) is 4.14. The van der Waals surface area contributed by atoms with Gasteiger partial charge < -0.3 is 10.1 Å². The average Bonchev–Trinajstić information content (AvgIpc) is 3.39. The Morgan fingerprint density at radius 1 is 1.29 bits per heavy atom. The standard InChI is InChI=1S/C21H22ClN5O3S/c1-3-4-10-26-20(29)19-15(9-11-31-19)27-17(24-25-21(26)27)7-8-18(28)23-13-5-6-16(30-2)14(22)12-13/h5-6,9,11-12H,3-4,7-8,10H2,1-2H3,(H,23,28). The van der Waals surface area contributed by atoms with Crippen LogP contribution < -0.4 is 15.6 Å². The van der Waals surface area contributed by atoms with Gasteiger partial charge in [-0.3, -0.25) is 18.6 Å². The van der Waals surface area contributed by atoms with Crippen molar-refractivity contribution in [2.24, 2.45) is 0 Å². The van der Waals surface area contributed by atoms with Crippen LogP contribution in [0.3, 0.4) is 0 Å². The minimum atomic E-state index is -0.168. The lowest BCUT2D eigenvalue weighted by atomic mass is 10.2. The molecule has 8 nitrogen and oxygen atoms in total. The molecule has 0 aliphatic heterocycles. The van der Waals surface area contributed by atoms with Crippen molar-refractivity contribution in [1.29, 1.82) is 0 Å². The summed E-state index contributed by atoms with van der Waals surface area (Å²) in [6.07, 6.45) is 2.44. The number of hydrogen-bond donors (Lipinski definition) is 1. The van der Waals surface area contributed by atoms with Gasteiger partial charge in [-0.15, -0.1) is 21.5 Å². The van der Waals surface area contributed by atoms with E-state index >= 15 is 0 Å². The number of thiophene rings is 1. The van der Waals surface area contributed by atoms with Gasteiger partial charge in [0, 0.05) is 25.1 Å². The van der Waals surface area contributed by atoms with E-state index in [9.17, 15) is 9.59 Å². The second-order valence-corrected chi connectivity index (χ2v) is 8.42. The van der Waals surface area contributed by atoms with Gasteiger partial charge in [-0.1, -0.05) is 24.9 Å². The van der Waals surface area contributed by atoms with Crippen LogP contribution >= 0.6 is 22.9 Å². The first-order valence-electron chi connectivity index (χ1n) is 10.0. The number of aromatic nitrogens is 4. The number of carbonyl (C=O) groups excluding carboxylic acids is 1. The van der Waals surface area contributed by atoms with Gasteiger partial charge in [-0.2, -0.15) is 0 Å². The van der Waals surface area contributed by atoms with Crippen molar-refractivity contribution in [2.75, 3.05) is 12.4 Å². The number of ether oxygens (including phenoxy) is 1. The Balaban J connectivity index is 1.58. The van der Waals surface area contributed by atoms with Crippen molar-refractivity contribution >= 4 is 50.5 Å². The van der Waals surface area contributed by atoms with Crippen LogP contribution in [0.4, 0.5) is 5.69 Å². The molecule has 0 unspecified atom stereocenters. The monoisotopic (exact) mass is 459 g/mol. The van der Waals surface area contributed by atoms with Gasteiger partial charge in [0.05, 0.1) is 17.6 Å². The quantitative estimate of drug-likeness (QED) is 0.427. The Morgan fingerprint density at radius 2 is 2.13 bits per heavy atom. The van der Waals surface area contributed by atoms with E-state index in [2.05, 4.69) is 22.4 Å². The van der Waals surface area contributed by atoms with Crippen molar-refractivity contribution in [3.63, 3.8) is 0 Å². The third kappa shape index (κ3) is 4.15. The maximum atomic E-state index is 12.9. The van der Waals surface area contributed by atoms with Crippen LogP contribution in [-0.4, -0.2) is 32.2 Å². The summed E-state index contributed by atoms with van der Waals surface area (Å²) in [6, 6.07) is 6.97. The molecule has 0 radical (unpaired) electrons. The predicted molar refractivity (Wildman–Crippen MR) is 122 cm³/mol. The number of aryl methyl sites for hydroxylation is 2. The number of nitrogens with zero attached hydrogens (tertiary/aromatic N) is 4. The number of rotatable bonds is 8. The summed E-state index contributed by atoms with van der Waals surface area (Å²) in [4.78, 5) is 25.4. The minimum Gasteiger partial charge on any atom is -0.495 e. The number of methoxy groups -OCH3 is 1. The largest absolute Gasteiger partial charge is 0.495 e. The van der Waals surface area contributed by atoms with Gasteiger partial charge in [0.15, 0.2) is 0 Å². The van der Waals surface area contributed by atoms with Crippen LogP contribution in [0.15, 0.2) is 34.4 Å². The van der Waals surface area contributed by atoms with Crippen molar-refractivity contribution in [2.45, 2.75) is 39.2 Å². The Morgan fingerprint density at radius 3 is 2.87 bits per heavy atom. The van der Waals surface area contributed by atoms with Gasteiger partial charge in [-0.05, 0) is 36.1 Å². The summed E-state index contributed by atoms with van der Waals surface area (Å²) in [5.41, 5.74) is 1.33. The highest BCUT2D eigenvalue weighted by atomic mass is 35.5. The fourth-order valence-electron chi connectivity index (χ4n) is 3.45. The molecule has 10 heteroatoms. The molecule has 0 aliphatic rings. The molecular formula is C21H22ClN5O3S. The number of carbonyl (C=O) groups is 1. The average molecular weight is 460 g/mol. The van der Waals surface area contributed by atoms with Gasteiger partial charge >= 0.3 is 0 Å². The van der Waals surface area contributed by atoms with E-state index in [1.165, 1.54) is 18.4 Å². The SMILES string of the molecule is CCCCn1c(=O)c2sccc2n2c(CCC(=O)Nc3ccc(OC)c(Cl)c3)nnc12. The highest BCUT2D eigenvalue weighted by molar-refractivity contribution is 7.17. The van der Waals surface area contributed by atoms with Crippen molar-refractivity contribution in [1.82, 2.24) is 19.2 Å². The molecule has 162 valence electrons. The maximum absolute atomic E-state index is 12.9. The lowest BCUT2D eigenvalue weighted by molar-refractivity contribution is -0.116. The summed E-state index contributed by atoms with van der Waals surface area (Å²) in [5, 5.41) is 13.7. The number of unbranched alkanes of at least 4 members (excludes halogenated alkanes) is 1. The number of fused-ring (bicyclic) bond motifs is 3. The number of benzene rings is 1. The molecule has 0 bridgehead atoms. The van der Waals surface area contributed by atoms with Crippen LogP contribution in [0.2, 0.25) is 5.02 Å². The molecule has 0 spiro atoms. The van der Waals surface area contributed by atoms with Crippen LogP contribution in [-0.2, 0) is 17.8 Å². The Labute approximate surface area is 187 Å². The van der Waals surface area contributed by atoms with Gasteiger partial charge in [-0.25, -0.2) is 0 Å². The Hall–Kier alpha value is -2.91. The lowest BCUT2D eigenvalue weighted by Gasteiger charge is -2.09. The van der Waals surface area contributed by atoms with Crippen molar-refractivity contribution < 1.29 is 9.53 Å². The van der Waals surface area contributed by atoms with Crippen LogP contribution in [0, 0.1) is 0 Å². The summed E-state index contributed by atoms with van der Waals surface area (Å²) >= 11 is 7.53. The molecule has 4 rings (SSSR count). The van der Waals surface area contributed by atoms with Crippen LogP contribution in [0.25, 0.3) is 16.0 Å². The fraction of sp³-hybridized carbons (Fsp3) is 0.333. The molecule has 4 aromatic rings. The second-order valence-electron chi connectivity index (χ2n) is 7.09. The third-order valence-electron chi connectivity index (χ3n) is 5.03. The number of amides is 1. The highest BCUT2D eigenvalue weighted by Gasteiger charge is 2.18. The van der Waals surface area contributed by atoms with E-state index in [0.29, 0.717) is 45.7 Å². The zero-order valence-corrected chi connectivity index (χ0v) is 18.8. The summed E-state index contributed by atoms with van der Waals surface area (Å²) in [7, 11) is 1.54. The van der Waals surface area contributed by atoms with E-state index in [4.69, 9.17) is 16.3 Å². The van der Waals surface area contributed by atoms with E-state index in [1.807, 2.05) is 15.8 Å². The smallest absolute Gasteiger partial charge is 0.272 e. The first-order chi connectivity index (χ1) is 15.0. The molecule has 0 atom stereocenters. The van der Waals surface area contributed by atoms with Crippen LogP contribution in [0.5, 0.6) is 5.75 Å². The molecule has 3 aromatic heterocycles. The summed E-state index contributed by atoms with van der Waals surface area (Å²) < 4.78 is 9.36. The first-order valence-corrected chi connectivity index (χ1v) is 11.3. The van der Waals surface area contributed by atoms with E-state index in [-0.39, 0.29) is 17.9 Å². The molecule has 1 amide bonds. The van der Waals surface area contributed by atoms with E-state index < -0.39 is 0 Å². The molecule has 0 saturated carbocycles. The molecule has 3 heterocycles. The molecule has 1 aromatic carbocycles. The summed E-state index contributed by atoms with van der Waals surface area (Å²) in [5.74, 6) is 1.54. The Kier molecular flexibility index (Phi) is 6.24. The zero-order valence-electron chi connectivity index (χ0n) is 17.2. The third-order valence-corrected chi connectivity index (χ3v) is 6.21. The number of nitrogens with one attached hydrogen (secondary N) is 1. The van der Waals surface area contributed by atoms with Crippen molar-refractivity contribution in [3.8, 4) is 5.75 Å². The number of anilines is 1. The molecule has 0 fully saturated rings. The second kappa shape index (κ2) is 9.07. The highest BCUT2D eigenvalue weighted by Crippen LogP contribution is 2.27. The van der Waals surface area contributed by atoms with Gasteiger partial charge in [0.25, 0.3) is 5.56 Å². The first kappa shape index (κ1) is 21.3. The molecule has 31 heavy (non-hydrogen) atoms. The van der Waals surface area contributed by atoms with E-state index in [0.717, 1.165) is 18.4 Å². The minimum absolute atomic E-state index is 0.0426. The van der Waals surface area contributed by atoms with Gasteiger partial charge in [0.1, 0.15) is 16.3 Å². The Bertz CT molecular complexity index is 1310. The normalized spacial score (nSPS) is 11.3.